The van der Waals surface area contributed by atoms with E-state index in [4.69, 9.17) is 10.5 Å². The van der Waals surface area contributed by atoms with E-state index in [0.29, 0.717) is 0 Å². The largest absolute Gasteiger partial charge is 0.496 e. The smallest absolute Gasteiger partial charge is 0.122 e. The SMILES string of the molecule is CCc1cc(/C=C/CCC(C)(C)N)ccc1OC. The maximum Gasteiger partial charge on any atom is 0.122 e. The van der Waals surface area contributed by atoms with Crippen molar-refractivity contribution in [3.63, 3.8) is 0 Å². The molecular weight excluding hydrogens is 222 g/mol. The second kappa shape index (κ2) is 6.60. The summed E-state index contributed by atoms with van der Waals surface area (Å²) in [6, 6.07) is 6.30. The Bertz CT molecular complexity index is 402. The summed E-state index contributed by atoms with van der Waals surface area (Å²) in [5, 5.41) is 0. The van der Waals surface area contributed by atoms with Crippen LogP contribution in [-0.4, -0.2) is 12.6 Å². The minimum atomic E-state index is -0.0845. The predicted molar refractivity (Wildman–Crippen MR) is 78.9 cm³/mol. The third-order valence-corrected chi connectivity index (χ3v) is 2.95. The summed E-state index contributed by atoms with van der Waals surface area (Å²) in [5.74, 6) is 0.970. The van der Waals surface area contributed by atoms with Crippen LogP contribution in [0.1, 0.15) is 44.7 Å². The number of rotatable bonds is 6. The molecule has 2 nitrogen and oxygen atoms in total. The monoisotopic (exact) mass is 247 g/mol. The van der Waals surface area contributed by atoms with E-state index < -0.39 is 0 Å². The first kappa shape index (κ1) is 14.8. The van der Waals surface area contributed by atoms with Crippen molar-refractivity contribution >= 4 is 6.08 Å². The van der Waals surface area contributed by atoms with Crippen LogP contribution in [0.15, 0.2) is 24.3 Å². The van der Waals surface area contributed by atoms with Gasteiger partial charge in [-0.15, -0.1) is 0 Å². The molecule has 0 aliphatic carbocycles. The Morgan fingerprint density at radius 1 is 1.33 bits per heavy atom. The summed E-state index contributed by atoms with van der Waals surface area (Å²) in [6.45, 7) is 6.26. The highest BCUT2D eigenvalue weighted by Crippen LogP contribution is 2.21. The van der Waals surface area contributed by atoms with Crippen LogP contribution in [0.4, 0.5) is 0 Å². The molecule has 1 rings (SSSR count). The number of aryl methyl sites for hydroxylation is 1. The molecule has 0 radical (unpaired) electrons. The fourth-order valence-corrected chi connectivity index (χ4v) is 1.85. The molecule has 100 valence electrons. The van der Waals surface area contributed by atoms with E-state index in [1.54, 1.807) is 7.11 Å². The highest BCUT2D eigenvalue weighted by Gasteiger charge is 2.07. The molecule has 0 saturated carbocycles. The van der Waals surface area contributed by atoms with Crippen molar-refractivity contribution in [1.82, 2.24) is 0 Å². The first-order chi connectivity index (χ1) is 8.46. The van der Waals surface area contributed by atoms with Gasteiger partial charge < -0.3 is 10.5 Å². The summed E-state index contributed by atoms with van der Waals surface area (Å²) >= 11 is 0. The maximum atomic E-state index is 5.95. The molecule has 1 aromatic rings. The van der Waals surface area contributed by atoms with Crippen molar-refractivity contribution in [3.8, 4) is 5.75 Å². The zero-order valence-electron chi connectivity index (χ0n) is 12.0. The highest BCUT2D eigenvalue weighted by molar-refractivity contribution is 5.53. The maximum absolute atomic E-state index is 5.95. The Balaban J connectivity index is 2.65. The van der Waals surface area contributed by atoms with Crippen LogP contribution >= 0.6 is 0 Å². The lowest BCUT2D eigenvalue weighted by atomic mass is 9.99. The molecule has 0 aliphatic rings. The van der Waals surface area contributed by atoms with Crippen molar-refractivity contribution in [2.45, 2.75) is 45.6 Å². The lowest BCUT2D eigenvalue weighted by Gasteiger charge is -2.16. The average molecular weight is 247 g/mol. The molecule has 18 heavy (non-hydrogen) atoms. The summed E-state index contributed by atoms with van der Waals surface area (Å²) < 4.78 is 5.32. The van der Waals surface area contributed by atoms with Gasteiger partial charge in [-0.05, 0) is 56.4 Å². The fraction of sp³-hybridized carbons (Fsp3) is 0.500. The van der Waals surface area contributed by atoms with Crippen LogP contribution in [0.3, 0.4) is 0 Å². The Hall–Kier alpha value is -1.28. The Labute approximate surface area is 111 Å². The summed E-state index contributed by atoms with van der Waals surface area (Å²) in [5.41, 5.74) is 8.34. The zero-order valence-corrected chi connectivity index (χ0v) is 12.0. The number of hydrogen-bond acceptors (Lipinski definition) is 2. The highest BCUT2D eigenvalue weighted by atomic mass is 16.5. The van der Waals surface area contributed by atoms with Gasteiger partial charge in [-0.2, -0.15) is 0 Å². The van der Waals surface area contributed by atoms with E-state index >= 15 is 0 Å². The second-order valence-electron chi connectivity index (χ2n) is 5.35. The molecule has 0 unspecified atom stereocenters. The van der Waals surface area contributed by atoms with Crippen LogP contribution in [0.25, 0.3) is 6.08 Å². The third kappa shape index (κ3) is 4.92. The Kier molecular flexibility index (Phi) is 5.42. The number of benzene rings is 1. The van der Waals surface area contributed by atoms with E-state index in [1.807, 2.05) is 6.07 Å². The van der Waals surface area contributed by atoms with Crippen LogP contribution in [0.2, 0.25) is 0 Å². The fourth-order valence-electron chi connectivity index (χ4n) is 1.85. The molecule has 0 bridgehead atoms. The van der Waals surface area contributed by atoms with Gasteiger partial charge in [-0.25, -0.2) is 0 Å². The van der Waals surface area contributed by atoms with Gasteiger partial charge in [0.15, 0.2) is 0 Å². The minimum Gasteiger partial charge on any atom is -0.496 e. The second-order valence-corrected chi connectivity index (χ2v) is 5.35. The lowest BCUT2D eigenvalue weighted by Crippen LogP contribution is -2.31. The van der Waals surface area contributed by atoms with Crippen molar-refractivity contribution in [2.75, 3.05) is 7.11 Å². The first-order valence-corrected chi connectivity index (χ1v) is 6.58. The molecule has 0 amide bonds. The van der Waals surface area contributed by atoms with Gasteiger partial charge >= 0.3 is 0 Å². The molecular formula is C16H25NO. The van der Waals surface area contributed by atoms with Gasteiger partial charge in [-0.3, -0.25) is 0 Å². The number of hydrogen-bond donors (Lipinski definition) is 1. The minimum absolute atomic E-state index is 0.0845. The molecule has 0 heterocycles. The molecule has 0 atom stereocenters. The number of ether oxygens (including phenoxy) is 1. The molecule has 2 heteroatoms. The molecule has 0 aliphatic heterocycles. The van der Waals surface area contributed by atoms with Crippen molar-refractivity contribution in [1.29, 1.82) is 0 Å². The molecule has 0 saturated heterocycles. The summed E-state index contributed by atoms with van der Waals surface area (Å²) in [7, 11) is 1.72. The van der Waals surface area contributed by atoms with Crippen LogP contribution in [-0.2, 0) is 6.42 Å². The quantitative estimate of drug-likeness (QED) is 0.830. The normalized spacial score (nSPS) is 12.1. The van der Waals surface area contributed by atoms with Crippen molar-refractivity contribution < 1.29 is 4.74 Å². The summed E-state index contributed by atoms with van der Waals surface area (Å²) in [4.78, 5) is 0. The van der Waals surface area contributed by atoms with Crippen LogP contribution < -0.4 is 10.5 Å². The van der Waals surface area contributed by atoms with Crippen LogP contribution in [0, 0.1) is 0 Å². The number of methoxy groups -OCH3 is 1. The van der Waals surface area contributed by atoms with E-state index in [9.17, 15) is 0 Å². The Morgan fingerprint density at radius 2 is 2.06 bits per heavy atom. The topological polar surface area (TPSA) is 35.2 Å². The van der Waals surface area contributed by atoms with Gasteiger partial charge in [0.2, 0.25) is 0 Å². The summed E-state index contributed by atoms with van der Waals surface area (Å²) in [6.07, 6.45) is 7.35. The molecule has 1 aromatic carbocycles. The Morgan fingerprint density at radius 3 is 2.61 bits per heavy atom. The van der Waals surface area contributed by atoms with Gasteiger partial charge in [-0.1, -0.05) is 25.1 Å². The predicted octanol–water partition coefficient (Wildman–Crippen LogP) is 3.79. The molecule has 2 N–H and O–H groups in total. The van der Waals surface area contributed by atoms with Gasteiger partial charge in [0.25, 0.3) is 0 Å². The van der Waals surface area contributed by atoms with Gasteiger partial charge in [0.05, 0.1) is 7.11 Å². The van der Waals surface area contributed by atoms with Gasteiger partial charge in [0, 0.05) is 5.54 Å². The van der Waals surface area contributed by atoms with Gasteiger partial charge in [0.1, 0.15) is 5.75 Å². The van der Waals surface area contributed by atoms with Crippen molar-refractivity contribution in [2.24, 2.45) is 5.73 Å². The van der Waals surface area contributed by atoms with E-state index in [2.05, 4.69) is 45.1 Å². The lowest BCUT2D eigenvalue weighted by molar-refractivity contribution is 0.410. The van der Waals surface area contributed by atoms with Crippen molar-refractivity contribution in [3.05, 3.63) is 35.4 Å². The van der Waals surface area contributed by atoms with E-state index in [0.717, 1.165) is 25.0 Å². The molecule has 0 aromatic heterocycles. The molecule has 0 spiro atoms. The molecule has 0 fully saturated rings. The standard InChI is InChI=1S/C16H25NO/c1-5-14-12-13(9-10-15(14)18-4)8-6-7-11-16(2,3)17/h6,8-10,12H,5,7,11,17H2,1-4H3/b8-6+. The number of nitrogens with two attached hydrogens (primary N) is 1. The first-order valence-electron chi connectivity index (χ1n) is 6.58. The third-order valence-electron chi connectivity index (χ3n) is 2.95. The van der Waals surface area contributed by atoms with Crippen LogP contribution in [0.5, 0.6) is 5.75 Å². The van der Waals surface area contributed by atoms with E-state index in [1.165, 1.54) is 11.1 Å². The number of allylic oxidation sites excluding steroid dienone is 1. The van der Waals surface area contributed by atoms with E-state index in [-0.39, 0.29) is 5.54 Å². The average Bonchev–Trinajstić information content (AvgIpc) is 2.33. The zero-order chi connectivity index (χ0) is 13.6.